The van der Waals surface area contributed by atoms with Crippen LogP contribution in [0.1, 0.15) is 27.9 Å². The van der Waals surface area contributed by atoms with Crippen LogP contribution in [-0.4, -0.2) is 64.2 Å². The Kier molecular flexibility index (Phi) is 4.35. The first-order valence-corrected chi connectivity index (χ1v) is 9.80. The summed E-state index contributed by atoms with van der Waals surface area (Å²) in [6.07, 6.45) is 1.68. The lowest BCUT2D eigenvalue weighted by Gasteiger charge is -2.36. The molecule has 8 nitrogen and oxygen atoms in total. The Bertz CT molecular complexity index is 1080. The molecule has 0 spiro atoms. The van der Waals surface area contributed by atoms with Crippen molar-refractivity contribution in [3.63, 3.8) is 0 Å². The van der Waals surface area contributed by atoms with Crippen molar-refractivity contribution < 1.29 is 18.7 Å². The standard InChI is InChI=1S/C21H22N4O4/c1-14-16-4-2-3-5-18(16)29-19(14)21(27)24-12-15-6-7-22-25(15)17(13-24)20(26)23-8-10-28-11-9-23/h2-7,17H,8-13H2,1H3. The molecule has 2 aliphatic rings. The van der Waals surface area contributed by atoms with Gasteiger partial charge in [0.1, 0.15) is 11.6 Å². The van der Waals surface area contributed by atoms with E-state index in [2.05, 4.69) is 5.10 Å². The first kappa shape index (κ1) is 17.9. The van der Waals surface area contributed by atoms with Crippen molar-refractivity contribution in [2.75, 3.05) is 32.8 Å². The number of ether oxygens (including phenoxy) is 1. The Morgan fingerprint density at radius 3 is 2.69 bits per heavy atom. The zero-order chi connectivity index (χ0) is 20.0. The van der Waals surface area contributed by atoms with Crippen molar-refractivity contribution in [3.05, 3.63) is 53.5 Å². The van der Waals surface area contributed by atoms with Gasteiger partial charge < -0.3 is 19.0 Å². The summed E-state index contributed by atoms with van der Waals surface area (Å²) in [4.78, 5) is 30.0. The van der Waals surface area contributed by atoms with Gasteiger partial charge in [-0.1, -0.05) is 18.2 Å². The third kappa shape index (κ3) is 3.00. The molecule has 1 saturated heterocycles. The van der Waals surface area contributed by atoms with Gasteiger partial charge in [0, 0.05) is 30.2 Å². The number of fused-ring (bicyclic) bond motifs is 2. The lowest BCUT2D eigenvalue weighted by atomic mass is 10.1. The molecule has 2 amide bonds. The predicted molar refractivity (Wildman–Crippen MR) is 104 cm³/mol. The Balaban J connectivity index is 1.46. The van der Waals surface area contributed by atoms with E-state index in [9.17, 15) is 9.59 Å². The van der Waals surface area contributed by atoms with E-state index in [1.165, 1.54) is 0 Å². The van der Waals surface area contributed by atoms with Gasteiger partial charge in [0.15, 0.2) is 5.76 Å². The molecule has 150 valence electrons. The number of aryl methyl sites for hydroxylation is 1. The van der Waals surface area contributed by atoms with E-state index in [-0.39, 0.29) is 18.4 Å². The molecule has 1 atom stereocenters. The molecule has 0 N–H and O–H groups in total. The second-order valence-corrected chi connectivity index (χ2v) is 7.46. The molecule has 5 rings (SSSR count). The topological polar surface area (TPSA) is 80.8 Å². The second kappa shape index (κ2) is 7.04. The number of carbonyl (C=O) groups excluding carboxylic acids is 2. The smallest absolute Gasteiger partial charge is 0.290 e. The SMILES string of the molecule is Cc1c(C(=O)N2Cc3ccnn3C(C(=O)N3CCOCC3)C2)oc2ccccc12. The van der Waals surface area contributed by atoms with Crippen molar-refractivity contribution >= 4 is 22.8 Å². The summed E-state index contributed by atoms with van der Waals surface area (Å²) in [6.45, 7) is 4.73. The summed E-state index contributed by atoms with van der Waals surface area (Å²) < 4.78 is 13.0. The van der Waals surface area contributed by atoms with Crippen molar-refractivity contribution in [2.24, 2.45) is 0 Å². The molecule has 4 heterocycles. The van der Waals surface area contributed by atoms with Crippen LogP contribution in [0.4, 0.5) is 0 Å². The van der Waals surface area contributed by atoms with Crippen LogP contribution in [0.25, 0.3) is 11.0 Å². The summed E-state index contributed by atoms with van der Waals surface area (Å²) >= 11 is 0. The number of aromatic nitrogens is 2. The normalized spacial score (nSPS) is 19.4. The zero-order valence-corrected chi connectivity index (χ0v) is 16.2. The van der Waals surface area contributed by atoms with Gasteiger partial charge in [0.25, 0.3) is 5.91 Å². The molecule has 3 aromatic rings. The van der Waals surface area contributed by atoms with E-state index >= 15 is 0 Å². The van der Waals surface area contributed by atoms with Crippen LogP contribution < -0.4 is 0 Å². The van der Waals surface area contributed by atoms with Gasteiger partial charge in [-0.15, -0.1) is 0 Å². The molecule has 0 radical (unpaired) electrons. The average molecular weight is 394 g/mol. The summed E-state index contributed by atoms with van der Waals surface area (Å²) in [5.74, 6) is 0.0970. The Morgan fingerprint density at radius 1 is 1.10 bits per heavy atom. The molecular formula is C21H22N4O4. The van der Waals surface area contributed by atoms with Crippen LogP contribution in [-0.2, 0) is 16.1 Å². The molecule has 1 fully saturated rings. The Labute approximate surface area is 167 Å². The van der Waals surface area contributed by atoms with E-state index in [1.807, 2.05) is 37.3 Å². The fourth-order valence-electron chi connectivity index (χ4n) is 4.15. The molecular weight excluding hydrogens is 372 g/mol. The van der Waals surface area contributed by atoms with Crippen LogP contribution in [0.15, 0.2) is 40.9 Å². The first-order valence-electron chi connectivity index (χ1n) is 9.80. The van der Waals surface area contributed by atoms with E-state index in [0.29, 0.717) is 44.2 Å². The molecule has 0 aliphatic carbocycles. The molecule has 29 heavy (non-hydrogen) atoms. The van der Waals surface area contributed by atoms with Gasteiger partial charge in [-0.2, -0.15) is 5.10 Å². The summed E-state index contributed by atoms with van der Waals surface area (Å²) in [6, 6.07) is 8.92. The van der Waals surface area contributed by atoms with Crippen molar-refractivity contribution in [3.8, 4) is 0 Å². The highest BCUT2D eigenvalue weighted by Crippen LogP contribution is 2.29. The zero-order valence-electron chi connectivity index (χ0n) is 16.2. The molecule has 1 aromatic carbocycles. The molecule has 0 bridgehead atoms. The van der Waals surface area contributed by atoms with Crippen LogP contribution in [0.5, 0.6) is 0 Å². The van der Waals surface area contributed by atoms with Gasteiger partial charge in [-0.25, -0.2) is 0 Å². The number of morpholine rings is 1. The van der Waals surface area contributed by atoms with E-state index in [0.717, 1.165) is 16.6 Å². The van der Waals surface area contributed by atoms with Crippen molar-refractivity contribution in [2.45, 2.75) is 19.5 Å². The molecule has 0 saturated carbocycles. The quantitative estimate of drug-likeness (QED) is 0.664. The number of carbonyl (C=O) groups is 2. The number of benzene rings is 1. The van der Waals surface area contributed by atoms with Crippen LogP contribution in [0, 0.1) is 6.92 Å². The maximum Gasteiger partial charge on any atom is 0.290 e. The van der Waals surface area contributed by atoms with Gasteiger partial charge in [0.05, 0.1) is 32.0 Å². The Morgan fingerprint density at radius 2 is 1.90 bits per heavy atom. The van der Waals surface area contributed by atoms with E-state index in [1.54, 1.807) is 20.7 Å². The average Bonchev–Trinajstić information content (AvgIpc) is 3.37. The van der Waals surface area contributed by atoms with E-state index in [4.69, 9.17) is 9.15 Å². The number of hydrogen-bond donors (Lipinski definition) is 0. The highest BCUT2D eigenvalue weighted by atomic mass is 16.5. The molecule has 2 aromatic heterocycles. The number of rotatable bonds is 2. The fourth-order valence-corrected chi connectivity index (χ4v) is 4.15. The van der Waals surface area contributed by atoms with E-state index < -0.39 is 6.04 Å². The molecule has 8 heteroatoms. The second-order valence-electron chi connectivity index (χ2n) is 7.46. The van der Waals surface area contributed by atoms with Gasteiger partial charge in [-0.05, 0) is 19.1 Å². The van der Waals surface area contributed by atoms with Gasteiger partial charge in [-0.3, -0.25) is 14.3 Å². The lowest BCUT2D eigenvalue weighted by molar-refractivity contribution is -0.140. The minimum atomic E-state index is -0.541. The van der Waals surface area contributed by atoms with Crippen LogP contribution in [0.3, 0.4) is 0 Å². The first-order chi connectivity index (χ1) is 14.1. The maximum absolute atomic E-state index is 13.3. The number of hydrogen-bond acceptors (Lipinski definition) is 5. The largest absolute Gasteiger partial charge is 0.451 e. The highest BCUT2D eigenvalue weighted by Gasteiger charge is 2.37. The summed E-state index contributed by atoms with van der Waals surface area (Å²) in [7, 11) is 0. The Hall–Kier alpha value is -3.13. The third-order valence-corrected chi connectivity index (χ3v) is 5.73. The summed E-state index contributed by atoms with van der Waals surface area (Å²) in [5, 5.41) is 5.28. The lowest BCUT2D eigenvalue weighted by Crippen LogP contribution is -2.50. The summed E-state index contributed by atoms with van der Waals surface area (Å²) in [5.41, 5.74) is 2.35. The van der Waals surface area contributed by atoms with Crippen molar-refractivity contribution in [1.29, 1.82) is 0 Å². The van der Waals surface area contributed by atoms with Crippen LogP contribution in [0.2, 0.25) is 0 Å². The number of para-hydroxylation sites is 1. The molecule has 1 unspecified atom stereocenters. The van der Waals surface area contributed by atoms with Crippen molar-refractivity contribution in [1.82, 2.24) is 19.6 Å². The fraction of sp³-hybridized carbons (Fsp3) is 0.381. The minimum Gasteiger partial charge on any atom is -0.451 e. The minimum absolute atomic E-state index is 0.0305. The monoisotopic (exact) mass is 394 g/mol. The third-order valence-electron chi connectivity index (χ3n) is 5.73. The van der Waals surface area contributed by atoms with Crippen LogP contribution >= 0.6 is 0 Å². The number of nitrogens with zero attached hydrogens (tertiary/aromatic N) is 4. The van der Waals surface area contributed by atoms with Gasteiger partial charge in [0.2, 0.25) is 5.91 Å². The predicted octanol–water partition coefficient (Wildman–Crippen LogP) is 1.99. The number of furan rings is 1. The number of amides is 2. The maximum atomic E-state index is 13.3. The molecule has 2 aliphatic heterocycles. The highest BCUT2D eigenvalue weighted by molar-refractivity contribution is 5.99. The van der Waals surface area contributed by atoms with Gasteiger partial charge >= 0.3 is 0 Å².